The molecule has 0 radical (unpaired) electrons. The average Bonchev–Trinajstić information content (AvgIpc) is 2.47. The molecule has 1 fully saturated rings. The van der Waals surface area contributed by atoms with Gasteiger partial charge in [0, 0.05) is 26.7 Å². The molecule has 0 aromatic carbocycles. The number of amides is 3. The normalized spacial score (nSPS) is 18.6. The van der Waals surface area contributed by atoms with E-state index in [0.29, 0.717) is 13.2 Å². The van der Waals surface area contributed by atoms with Crippen LogP contribution in [0.5, 0.6) is 0 Å². The second-order valence-electron chi connectivity index (χ2n) is 4.99. The maximum Gasteiger partial charge on any atom is 0.321 e. The van der Waals surface area contributed by atoms with E-state index in [0.717, 1.165) is 32.4 Å². The lowest BCUT2D eigenvalue weighted by Crippen LogP contribution is -2.51. The first kappa shape index (κ1) is 16.9. The van der Waals surface area contributed by atoms with E-state index in [-0.39, 0.29) is 18.1 Å². The van der Waals surface area contributed by atoms with Gasteiger partial charge in [0.2, 0.25) is 5.91 Å². The van der Waals surface area contributed by atoms with E-state index in [9.17, 15) is 9.59 Å². The molecule has 0 saturated carbocycles. The van der Waals surface area contributed by atoms with Crippen molar-refractivity contribution in [3.8, 4) is 0 Å². The number of urea groups is 1. The summed E-state index contributed by atoms with van der Waals surface area (Å²) in [5.74, 6) is -0.271. The molecule has 7 heteroatoms. The summed E-state index contributed by atoms with van der Waals surface area (Å²) in [5, 5.41) is 4.67. The smallest absolute Gasteiger partial charge is 0.321 e. The number of hydrogen-bond acceptors (Lipinski definition) is 5. The maximum absolute atomic E-state index is 11.8. The molecule has 1 aliphatic heterocycles. The second-order valence-corrected chi connectivity index (χ2v) is 4.99. The third-order valence-corrected chi connectivity index (χ3v) is 3.57. The predicted molar refractivity (Wildman–Crippen MR) is 76.3 cm³/mol. The number of likely N-dealkylation sites (tertiary alicyclic amines) is 1. The van der Waals surface area contributed by atoms with Gasteiger partial charge in [0.05, 0.1) is 12.1 Å². The highest BCUT2D eigenvalue weighted by molar-refractivity contribution is 5.96. The Bertz CT molecular complexity index is 317. The Labute approximate surface area is 120 Å². The summed E-state index contributed by atoms with van der Waals surface area (Å²) in [5.41, 5.74) is 5.43. The van der Waals surface area contributed by atoms with E-state index in [1.54, 1.807) is 0 Å². The summed E-state index contributed by atoms with van der Waals surface area (Å²) in [6.45, 7) is 4.77. The largest absolute Gasteiger partial charge is 0.378 e. The number of nitrogens with two attached hydrogens (primary N) is 1. The highest BCUT2D eigenvalue weighted by atomic mass is 16.5. The van der Waals surface area contributed by atoms with Crippen molar-refractivity contribution in [2.45, 2.75) is 38.3 Å². The van der Waals surface area contributed by atoms with Crippen LogP contribution in [0.2, 0.25) is 0 Å². The highest BCUT2D eigenvalue weighted by Gasteiger charge is 2.27. The fourth-order valence-corrected chi connectivity index (χ4v) is 2.21. The number of carbonyl (C=O) groups excluding carboxylic acids is 2. The number of nitrogens with zero attached hydrogens (tertiary/aromatic N) is 1. The number of rotatable bonds is 6. The highest BCUT2D eigenvalue weighted by Crippen LogP contribution is 2.16. The van der Waals surface area contributed by atoms with Gasteiger partial charge >= 0.3 is 6.03 Å². The van der Waals surface area contributed by atoms with Crippen molar-refractivity contribution in [1.29, 1.82) is 0 Å². The van der Waals surface area contributed by atoms with Crippen molar-refractivity contribution in [1.82, 2.24) is 15.5 Å². The van der Waals surface area contributed by atoms with Gasteiger partial charge in [-0.2, -0.15) is 0 Å². The van der Waals surface area contributed by atoms with E-state index in [1.807, 2.05) is 6.92 Å². The molecule has 3 amide bonds. The molecule has 1 aliphatic rings. The van der Waals surface area contributed by atoms with Crippen molar-refractivity contribution in [2.75, 3.05) is 33.3 Å². The summed E-state index contributed by atoms with van der Waals surface area (Å²) < 4.78 is 5.72. The molecule has 0 aromatic rings. The zero-order valence-electron chi connectivity index (χ0n) is 12.4. The molecule has 7 nitrogen and oxygen atoms in total. The van der Waals surface area contributed by atoms with Crippen LogP contribution in [-0.4, -0.2) is 62.3 Å². The van der Waals surface area contributed by atoms with Gasteiger partial charge in [0.1, 0.15) is 0 Å². The lowest BCUT2D eigenvalue weighted by Gasteiger charge is -2.35. The molecular weight excluding hydrogens is 260 g/mol. The molecule has 0 bridgehead atoms. The van der Waals surface area contributed by atoms with Gasteiger partial charge < -0.3 is 15.8 Å². The Balaban J connectivity index is 2.29. The molecule has 1 unspecified atom stereocenters. The molecule has 116 valence electrons. The first-order valence-electron chi connectivity index (χ1n) is 7.16. The molecular formula is C13H26N4O3. The van der Waals surface area contributed by atoms with Gasteiger partial charge in [-0.15, -0.1) is 0 Å². The Morgan fingerprint density at radius 3 is 2.60 bits per heavy atom. The number of carbonyl (C=O) groups is 2. The quantitative estimate of drug-likeness (QED) is 0.581. The van der Waals surface area contributed by atoms with Crippen LogP contribution in [0.25, 0.3) is 0 Å². The van der Waals surface area contributed by atoms with Crippen molar-refractivity contribution in [3.63, 3.8) is 0 Å². The van der Waals surface area contributed by atoms with Gasteiger partial charge in [-0.25, -0.2) is 4.79 Å². The Morgan fingerprint density at radius 1 is 1.40 bits per heavy atom. The summed E-state index contributed by atoms with van der Waals surface area (Å²) in [6.07, 6.45) is 2.95. The zero-order valence-corrected chi connectivity index (χ0v) is 12.4. The first-order chi connectivity index (χ1) is 9.58. The van der Waals surface area contributed by atoms with E-state index < -0.39 is 6.03 Å². The molecule has 0 aliphatic carbocycles. The number of ether oxygens (including phenoxy) is 1. The molecule has 4 N–H and O–H groups in total. The van der Waals surface area contributed by atoms with Crippen molar-refractivity contribution >= 4 is 11.9 Å². The Hall–Kier alpha value is -1.18. The fourth-order valence-electron chi connectivity index (χ4n) is 2.21. The summed E-state index contributed by atoms with van der Waals surface area (Å²) in [7, 11) is 1.48. The molecule has 0 spiro atoms. The topological polar surface area (TPSA) is 96.7 Å². The standard InChI is InChI=1S/C13H26N4O3/c1-10(12(18)16-13(19)15-2)17-7-4-11(5-8-17)20-9-3-6-14/h10-11H,3-9,14H2,1-2H3,(H2,15,16,18,19). The van der Waals surface area contributed by atoms with Crippen LogP contribution in [0.15, 0.2) is 0 Å². The van der Waals surface area contributed by atoms with Crippen LogP contribution in [0.1, 0.15) is 26.2 Å². The van der Waals surface area contributed by atoms with Crippen molar-refractivity contribution in [2.24, 2.45) is 5.73 Å². The SMILES string of the molecule is CNC(=O)NC(=O)C(C)N1CCC(OCCCN)CC1. The van der Waals surface area contributed by atoms with E-state index in [4.69, 9.17) is 10.5 Å². The van der Waals surface area contributed by atoms with Crippen LogP contribution >= 0.6 is 0 Å². The predicted octanol–water partition coefficient (Wildman–Crippen LogP) is -0.340. The van der Waals surface area contributed by atoms with Gasteiger partial charge in [0.15, 0.2) is 0 Å². The number of imide groups is 1. The average molecular weight is 286 g/mol. The molecule has 1 heterocycles. The lowest BCUT2D eigenvalue weighted by atomic mass is 10.1. The minimum atomic E-state index is -0.471. The molecule has 20 heavy (non-hydrogen) atoms. The number of hydrogen-bond donors (Lipinski definition) is 3. The fraction of sp³-hybridized carbons (Fsp3) is 0.846. The Kier molecular flexibility index (Phi) is 7.50. The van der Waals surface area contributed by atoms with Gasteiger partial charge in [-0.3, -0.25) is 15.0 Å². The molecule has 0 aromatic heterocycles. The van der Waals surface area contributed by atoms with Crippen LogP contribution in [0.4, 0.5) is 4.79 Å². The molecule has 1 saturated heterocycles. The summed E-state index contributed by atoms with van der Waals surface area (Å²) in [6, 6.07) is -0.779. The van der Waals surface area contributed by atoms with E-state index in [2.05, 4.69) is 15.5 Å². The van der Waals surface area contributed by atoms with Gasteiger partial charge in [-0.1, -0.05) is 0 Å². The molecule has 1 atom stereocenters. The Morgan fingerprint density at radius 2 is 2.05 bits per heavy atom. The van der Waals surface area contributed by atoms with E-state index in [1.165, 1.54) is 7.05 Å². The van der Waals surface area contributed by atoms with Crippen LogP contribution < -0.4 is 16.4 Å². The first-order valence-corrected chi connectivity index (χ1v) is 7.16. The lowest BCUT2D eigenvalue weighted by molar-refractivity contribution is -0.125. The third-order valence-electron chi connectivity index (χ3n) is 3.57. The number of piperidine rings is 1. The van der Waals surface area contributed by atoms with Gasteiger partial charge in [0.25, 0.3) is 0 Å². The van der Waals surface area contributed by atoms with Crippen LogP contribution in [0, 0.1) is 0 Å². The van der Waals surface area contributed by atoms with Crippen LogP contribution in [-0.2, 0) is 9.53 Å². The summed E-state index contributed by atoms with van der Waals surface area (Å²) >= 11 is 0. The van der Waals surface area contributed by atoms with Crippen molar-refractivity contribution < 1.29 is 14.3 Å². The minimum Gasteiger partial charge on any atom is -0.378 e. The monoisotopic (exact) mass is 286 g/mol. The van der Waals surface area contributed by atoms with Crippen molar-refractivity contribution in [3.05, 3.63) is 0 Å². The van der Waals surface area contributed by atoms with E-state index >= 15 is 0 Å². The maximum atomic E-state index is 11.8. The summed E-state index contributed by atoms with van der Waals surface area (Å²) in [4.78, 5) is 25.0. The third kappa shape index (κ3) is 5.44. The van der Waals surface area contributed by atoms with Crippen LogP contribution in [0.3, 0.4) is 0 Å². The molecule has 1 rings (SSSR count). The number of nitrogens with one attached hydrogen (secondary N) is 2. The second kappa shape index (κ2) is 8.89. The minimum absolute atomic E-state index is 0.256. The zero-order chi connectivity index (χ0) is 15.0. The van der Waals surface area contributed by atoms with Gasteiger partial charge in [-0.05, 0) is 32.7 Å².